The first kappa shape index (κ1) is 13.7. The molecule has 3 nitrogen and oxygen atoms in total. The molecule has 1 atom stereocenters. The maximum atomic E-state index is 11.3. The van der Waals surface area contributed by atoms with Crippen LogP contribution < -0.4 is 0 Å². The van der Waals surface area contributed by atoms with E-state index >= 15 is 0 Å². The number of ether oxygens (including phenoxy) is 1. The highest BCUT2D eigenvalue weighted by atomic mass is 32.2. The lowest BCUT2D eigenvalue weighted by atomic mass is 10.2. The second-order valence-corrected chi connectivity index (χ2v) is 5.68. The number of aryl methyl sites for hydroxylation is 1. The van der Waals surface area contributed by atoms with Gasteiger partial charge in [-0.3, -0.25) is 0 Å². The molecule has 1 aromatic carbocycles. The zero-order valence-corrected chi connectivity index (χ0v) is 12.0. The van der Waals surface area contributed by atoms with E-state index in [1.54, 1.807) is 17.8 Å². The Balaban J connectivity index is 2.09. The van der Waals surface area contributed by atoms with Gasteiger partial charge in [-0.2, -0.15) is 0 Å². The van der Waals surface area contributed by atoms with E-state index in [2.05, 4.69) is 29.9 Å². The highest BCUT2D eigenvalue weighted by molar-refractivity contribution is 7.99. The largest absolute Gasteiger partial charge is 0.463 e. The predicted octanol–water partition coefficient (Wildman–Crippen LogP) is 4.23. The van der Waals surface area contributed by atoms with E-state index in [-0.39, 0.29) is 11.0 Å². The maximum Gasteiger partial charge on any atom is 0.373 e. The van der Waals surface area contributed by atoms with Crippen LogP contribution in [0.2, 0.25) is 0 Å². The number of thioether (sulfide) groups is 1. The molecule has 2 aromatic rings. The van der Waals surface area contributed by atoms with Crippen molar-refractivity contribution in [3.8, 4) is 0 Å². The molecule has 0 N–H and O–H groups in total. The summed E-state index contributed by atoms with van der Waals surface area (Å²) in [5.74, 6) is 0.570. The highest BCUT2D eigenvalue weighted by Crippen LogP contribution is 2.35. The second-order valence-electron chi connectivity index (χ2n) is 4.27. The van der Waals surface area contributed by atoms with Crippen molar-refractivity contribution >= 4 is 17.7 Å². The number of furan rings is 1. The number of carbonyl (C=O) groups is 1. The molecule has 0 saturated heterocycles. The molecule has 100 valence electrons. The standard InChI is InChI=1S/C15H16O3S/c1-10-5-4-6-12(9-10)19-11(2)13-7-8-14(18-13)15(16)17-3/h4-9,11H,1-3H3. The smallest absolute Gasteiger partial charge is 0.373 e. The van der Waals surface area contributed by atoms with Crippen LogP contribution in [-0.2, 0) is 4.74 Å². The fourth-order valence-corrected chi connectivity index (χ4v) is 2.79. The fraction of sp³-hybridized carbons (Fsp3) is 0.267. The monoisotopic (exact) mass is 276 g/mol. The zero-order valence-electron chi connectivity index (χ0n) is 11.2. The van der Waals surface area contributed by atoms with Crippen LogP contribution in [-0.4, -0.2) is 13.1 Å². The van der Waals surface area contributed by atoms with E-state index in [0.29, 0.717) is 0 Å². The van der Waals surface area contributed by atoms with Gasteiger partial charge in [0.1, 0.15) is 5.76 Å². The van der Waals surface area contributed by atoms with Crippen LogP contribution in [0.4, 0.5) is 0 Å². The molecule has 0 amide bonds. The van der Waals surface area contributed by atoms with Gasteiger partial charge in [-0.1, -0.05) is 17.7 Å². The van der Waals surface area contributed by atoms with Crippen LogP contribution in [0.25, 0.3) is 0 Å². The summed E-state index contributed by atoms with van der Waals surface area (Å²) in [4.78, 5) is 12.5. The van der Waals surface area contributed by atoms with Gasteiger partial charge >= 0.3 is 5.97 Å². The first-order chi connectivity index (χ1) is 9.10. The van der Waals surface area contributed by atoms with E-state index in [1.165, 1.54) is 17.6 Å². The van der Waals surface area contributed by atoms with Crippen molar-refractivity contribution in [3.05, 3.63) is 53.5 Å². The molecular formula is C15H16O3S. The molecule has 2 rings (SSSR count). The summed E-state index contributed by atoms with van der Waals surface area (Å²) in [7, 11) is 1.34. The molecular weight excluding hydrogens is 260 g/mol. The van der Waals surface area contributed by atoms with Crippen LogP contribution in [0.5, 0.6) is 0 Å². The summed E-state index contributed by atoms with van der Waals surface area (Å²) in [5, 5.41) is 0.139. The SMILES string of the molecule is COC(=O)c1ccc(C(C)Sc2cccc(C)c2)o1. The number of methoxy groups -OCH3 is 1. The van der Waals surface area contributed by atoms with Crippen molar-refractivity contribution in [2.75, 3.05) is 7.11 Å². The van der Waals surface area contributed by atoms with E-state index in [0.717, 1.165) is 5.76 Å². The minimum Gasteiger partial charge on any atom is -0.463 e. The van der Waals surface area contributed by atoms with Crippen LogP contribution >= 0.6 is 11.8 Å². The first-order valence-electron chi connectivity index (χ1n) is 6.01. The minimum atomic E-state index is -0.445. The van der Waals surface area contributed by atoms with Gasteiger partial charge in [-0.25, -0.2) is 4.79 Å². The van der Waals surface area contributed by atoms with Crippen LogP contribution in [0.15, 0.2) is 45.7 Å². The summed E-state index contributed by atoms with van der Waals surface area (Å²) < 4.78 is 10.1. The van der Waals surface area contributed by atoms with Crippen molar-refractivity contribution in [1.82, 2.24) is 0 Å². The number of hydrogen-bond donors (Lipinski definition) is 0. The molecule has 0 radical (unpaired) electrons. The summed E-state index contributed by atoms with van der Waals surface area (Å²) in [6.07, 6.45) is 0. The van der Waals surface area contributed by atoms with Gasteiger partial charge in [0, 0.05) is 4.90 Å². The number of hydrogen-bond acceptors (Lipinski definition) is 4. The van der Waals surface area contributed by atoms with Crippen molar-refractivity contribution in [2.24, 2.45) is 0 Å². The van der Waals surface area contributed by atoms with E-state index in [9.17, 15) is 4.79 Å². The lowest BCUT2D eigenvalue weighted by Gasteiger charge is -2.08. The molecule has 1 aromatic heterocycles. The molecule has 0 bridgehead atoms. The molecule has 1 unspecified atom stereocenters. The Hall–Kier alpha value is -1.68. The van der Waals surface area contributed by atoms with Gasteiger partial charge in [0.05, 0.1) is 12.4 Å². The summed E-state index contributed by atoms with van der Waals surface area (Å²) in [5.41, 5.74) is 1.23. The van der Waals surface area contributed by atoms with Gasteiger partial charge < -0.3 is 9.15 Å². The summed E-state index contributed by atoms with van der Waals surface area (Å²) >= 11 is 1.70. The fourth-order valence-electron chi connectivity index (χ4n) is 1.73. The molecule has 0 aliphatic rings. The Morgan fingerprint density at radius 3 is 2.79 bits per heavy atom. The van der Waals surface area contributed by atoms with Crippen molar-refractivity contribution in [1.29, 1.82) is 0 Å². The average Bonchev–Trinajstić information content (AvgIpc) is 2.87. The van der Waals surface area contributed by atoms with Gasteiger partial charge in [-0.05, 0) is 38.1 Å². The third-order valence-electron chi connectivity index (χ3n) is 2.72. The van der Waals surface area contributed by atoms with Gasteiger partial charge in [0.25, 0.3) is 0 Å². The number of rotatable bonds is 4. The van der Waals surface area contributed by atoms with Crippen LogP contribution in [0.3, 0.4) is 0 Å². The Bertz CT molecular complexity index is 574. The van der Waals surface area contributed by atoms with Gasteiger partial charge in [0.2, 0.25) is 5.76 Å². The Labute approximate surface area is 117 Å². The average molecular weight is 276 g/mol. The van der Waals surface area contributed by atoms with Gasteiger partial charge in [0.15, 0.2) is 0 Å². The van der Waals surface area contributed by atoms with Crippen molar-refractivity contribution < 1.29 is 13.9 Å². The number of carbonyl (C=O) groups excluding carboxylic acids is 1. The van der Waals surface area contributed by atoms with E-state index < -0.39 is 5.97 Å². The van der Waals surface area contributed by atoms with Crippen LogP contribution in [0.1, 0.15) is 34.1 Å². The quantitative estimate of drug-likeness (QED) is 0.619. The first-order valence-corrected chi connectivity index (χ1v) is 6.89. The minimum absolute atomic E-state index is 0.139. The topological polar surface area (TPSA) is 39.4 Å². The summed E-state index contributed by atoms with van der Waals surface area (Å²) in [6.45, 7) is 4.11. The Morgan fingerprint density at radius 2 is 2.11 bits per heavy atom. The maximum absolute atomic E-state index is 11.3. The molecule has 4 heteroatoms. The zero-order chi connectivity index (χ0) is 13.8. The van der Waals surface area contributed by atoms with Crippen molar-refractivity contribution in [3.63, 3.8) is 0 Å². The van der Waals surface area contributed by atoms with Gasteiger partial charge in [-0.15, -0.1) is 11.8 Å². The van der Waals surface area contributed by atoms with Crippen molar-refractivity contribution in [2.45, 2.75) is 24.0 Å². The van der Waals surface area contributed by atoms with E-state index in [4.69, 9.17) is 4.42 Å². The molecule has 1 heterocycles. The Morgan fingerprint density at radius 1 is 1.32 bits per heavy atom. The molecule has 0 aliphatic carbocycles. The third kappa shape index (κ3) is 3.41. The third-order valence-corrected chi connectivity index (χ3v) is 3.83. The number of benzene rings is 1. The lowest BCUT2D eigenvalue weighted by Crippen LogP contribution is -1.98. The molecule has 0 fully saturated rings. The lowest BCUT2D eigenvalue weighted by molar-refractivity contribution is 0.0563. The second kappa shape index (κ2) is 5.97. The number of esters is 1. The highest BCUT2D eigenvalue weighted by Gasteiger charge is 2.16. The molecule has 0 aliphatic heterocycles. The molecule has 0 spiro atoms. The molecule has 0 saturated carbocycles. The van der Waals surface area contributed by atoms with Crippen LogP contribution in [0, 0.1) is 6.92 Å². The molecule has 19 heavy (non-hydrogen) atoms. The summed E-state index contributed by atoms with van der Waals surface area (Å²) in [6, 6.07) is 11.8. The Kier molecular flexibility index (Phi) is 4.32. The normalized spacial score (nSPS) is 12.2. The van der Waals surface area contributed by atoms with E-state index in [1.807, 2.05) is 19.1 Å². The predicted molar refractivity (Wildman–Crippen MR) is 75.5 cm³/mol.